The number of methoxy groups -OCH3 is 1. The first kappa shape index (κ1) is 20.2. The van der Waals surface area contributed by atoms with Crippen molar-refractivity contribution in [1.29, 1.82) is 0 Å². The third-order valence-electron chi connectivity index (χ3n) is 11.2. The normalized spacial score (nSPS) is 48.8. The molecule has 1 N–H and O–H groups in total. The van der Waals surface area contributed by atoms with Gasteiger partial charge >= 0.3 is 0 Å². The van der Waals surface area contributed by atoms with Crippen molar-refractivity contribution >= 4 is 5.78 Å². The summed E-state index contributed by atoms with van der Waals surface area (Å²) < 4.78 is 6.53. The molecule has 1 aromatic rings. The fourth-order valence-corrected chi connectivity index (χ4v) is 9.66. The van der Waals surface area contributed by atoms with Gasteiger partial charge in [0.05, 0.1) is 6.10 Å². The zero-order chi connectivity index (χ0) is 22.0. The number of hydrogen-bond donors (Lipinski definition) is 1. The molecule has 4 heteroatoms. The number of Topliss-reactive ketones (excluding diaryl/α,β-unsaturated/α-hetero) is 1. The van der Waals surface area contributed by atoms with Gasteiger partial charge in [0.1, 0.15) is 11.5 Å². The lowest BCUT2D eigenvalue weighted by molar-refractivity contribution is -0.149. The van der Waals surface area contributed by atoms with Gasteiger partial charge < -0.3 is 9.84 Å². The van der Waals surface area contributed by atoms with E-state index in [9.17, 15) is 9.90 Å². The Bertz CT molecular complexity index is 1000. The summed E-state index contributed by atoms with van der Waals surface area (Å²) in [4.78, 5) is 16.0. The van der Waals surface area contributed by atoms with Crippen LogP contribution in [0.4, 0.5) is 0 Å². The molecule has 0 radical (unpaired) electrons. The average Bonchev–Trinajstić information content (AvgIpc) is 3.32. The van der Waals surface area contributed by atoms with E-state index >= 15 is 0 Å². The molecule has 2 bridgehead atoms. The first-order valence-electron chi connectivity index (χ1n) is 13.1. The maximum absolute atomic E-state index is 13.3. The van der Waals surface area contributed by atoms with Gasteiger partial charge in [-0.2, -0.15) is 0 Å². The van der Waals surface area contributed by atoms with E-state index in [0.29, 0.717) is 42.4 Å². The third kappa shape index (κ3) is 2.27. The van der Waals surface area contributed by atoms with Crippen molar-refractivity contribution in [1.82, 2.24) is 4.90 Å². The summed E-state index contributed by atoms with van der Waals surface area (Å²) in [6.07, 6.45) is 7.67. The summed E-state index contributed by atoms with van der Waals surface area (Å²) in [5, 5.41) is 10.3. The molecule has 32 heavy (non-hydrogen) atoms. The van der Waals surface area contributed by atoms with Gasteiger partial charge in [0, 0.05) is 37.6 Å². The Kier molecular flexibility index (Phi) is 4.07. The largest absolute Gasteiger partial charge is 0.393 e. The number of ether oxygens (including phenoxy) is 1. The second-order valence-corrected chi connectivity index (χ2v) is 12.3. The molecule has 6 aliphatic rings. The number of rotatable bonds is 1. The van der Waals surface area contributed by atoms with E-state index in [1.165, 1.54) is 41.6 Å². The molecule has 0 unspecified atom stereocenters. The first-order valence-corrected chi connectivity index (χ1v) is 13.1. The van der Waals surface area contributed by atoms with Crippen LogP contribution in [-0.4, -0.2) is 41.6 Å². The molecular weight excluding hydrogens is 398 g/mol. The lowest BCUT2D eigenvalue weighted by Crippen LogP contribution is -2.55. The molecule has 3 aliphatic heterocycles. The predicted octanol–water partition coefficient (Wildman–Crippen LogP) is 4.48. The molecule has 1 aromatic carbocycles. The van der Waals surface area contributed by atoms with Gasteiger partial charge in [-0.25, -0.2) is 0 Å². The molecule has 172 valence electrons. The number of aliphatic hydroxyl groups excluding tert-OH is 1. The summed E-state index contributed by atoms with van der Waals surface area (Å²) in [6.45, 7) is 5.97. The first-order chi connectivity index (χ1) is 15.4. The average molecular weight is 436 g/mol. The molecule has 0 spiro atoms. The summed E-state index contributed by atoms with van der Waals surface area (Å²) in [5.74, 6) is 2.57. The van der Waals surface area contributed by atoms with E-state index in [4.69, 9.17) is 4.74 Å². The van der Waals surface area contributed by atoms with E-state index in [-0.39, 0.29) is 23.2 Å². The van der Waals surface area contributed by atoms with Gasteiger partial charge in [0.25, 0.3) is 0 Å². The number of carbonyl (C=O) groups excluding carboxylic acids is 1. The minimum absolute atomic E-state index is 0.0139. The molecule has 9 atom stereocenters. The molecule has 0 aromatic heterocycles. The standard InChI is InChI=1S/C28H37NO3/c1-15-18-5-6-19-20-12-25(31)23-10-17(30)8-9-27(23,2)22(20)11-21(19)26(18)28(32-3)13-16-4-7-24(15)29(28)14-16/h5-6,15-17,20,22-24,30H,4,7-14H2,1-3H3/t15-,16-,17+,20+,22+,23-,24+,27-,28+/m1/s1. The van der Waals surface area contributed by atoms with Crippen LogP contribution in [0.5, 0.6) is 0 Å². The third-order valence-corrected chi connectivity index (χ3v) is 11.2. The Morgan fingerprint density at radius 1 is 1.16 bits per heavy atom. The second kappa shape index (κ2) is 6.46. The summed E-state index contributed by atoms with van der Waals surface area (Å²) in [7, 11) is 1.93. The molecular formula is C28H37NO3. The maximum Gasteiger partial charge on any atom is 0.148 e. The Balaban J connectivity index is 1.39. The zero-order valence-electron chi connectivity index (χ0n) is 19.8. The Morgan fingerprint density at radius 2 is 1.97 bits per heavy atom. The highest BCUT2D eigenvalue weighted by atomic mass is 16.5. The number of benzene rings is 1. The lowest BCUT2D eigenvalue weighted by atomic mass is 9.52. The maximum atomic E-state index is 13.3. The fraction of sp³-hybridized carbons (Fsp3) is 0.750. The van der Waals surface area contributed by atoms with Crippen molar-refractivity contribution in [2.24, 2.45) is 23.2 Å². The SMILES string of the molecule is CO[C@@]12C[C@H]3CC[C@@H]([C@H](C)c4ccc5c(c41)C[C@H]1[C@H]5CC(=O)[C@H]4C[C@@H](O)CC[C@@]41C)N2C3. The van der Waals surface area contributed by atoms with Gasteiger partial charge in [-0.05, 0) is 90.7 Å². The number of aliphatic hydroxyl groups is 1. The van der Waals surface area contributed by atoms with Crippen LogP contribution in [0.1, 0.15) is 92.9 Å². The van der Waals surface area contributed by atoms with Crippen molar-refractivity contribution in [3.63, 3.8) is 0 Å². The summed E-state index contributed by atoms with van der Waals surface area (Å²) in [6, 6.07) is 5.39. The predicted molar refractivity (Wildman–Crippen MR) is 122 cm³/mol. The minimum Gasteiger partial charge on any atom is -0.393 e. The summed E-state index contributed by atoms with van der Waals surface area (Å²) >= 11 is 0. The fourth-order valence-electron chi connectivity index (χ4n) is 9.66. The van der Waals surface area contributed by atoms with E-state index in [1.54, 1.807) is 0 Å². The monoisotopic (exact) mass is 435 g/mol. The van der Waals surface area contributed by atoms with Crippen LogP contribution in [0.3, 0.4) is 0 Å². The Hall–Kier alpha value is -1.23. The van der Waals surface area contributed by atoms with Gasteiger partial charge in [-0.15, -0.1) is 0 Å². The number of piperidine rings is 1. The number of nitrogens with zero attached hydrogens (tertiary/aromatic N) is 1. The lowest BCUT2D eigenvalue weighted by Gasteiger charge is -2.52. The molecule has 7 rings (SSSR count). The van der Waals surface area contributed by atoms with Gasteiger partial charge in [0.15, 0.2) is 0 Å². The van der Waals surface area contributed by atoms with Crippen LogP contribution in [0.15, 0.2) is 12.1 Å². The molecule has 4 fully saturated rings. The highest BCUT2D eigenvalue weighted by Crippen LogP contribution is 2.64. The Morgan fingerprint density at radius 3 is 2.78 bits per heavy atom. The van der Waals surface area contributed by atoms with Gasteiger partial charge in [-0.1, -0.05) is 26.0 Å². The van der Waals surface area contributed by atoms with Crippen molar-refractivity contribution < 1.29 is 14.6 Å². The topological polar surface area (TPSA) is 49.8 Å². The Labute approximate surface area is 191 Å². The number of hydrogen-bond acceptors (Lipinski definition) is 4. The van der Waals surface area contributed by atoms with Gasteiger partial charge in [-0.3, -0.25) is 9.69 Å². The van der Waals surface area contributed by atoms with E-state index < -0.39 is 0 Å². The number of ketones is 1. The van der Waals surface area contributed by atoms with Crippen LogP contribution in [0.2, 0.25) is 0 Å². The van der Waals surface area contributed by atoms with Crippen LogP contribution in [-0.2, 0) is 21.7 Å². The van der Waals surface area contributed by atoms with E-state index in [2.05, 4.69) is 30.9 Å². The quantitative estimate of drug-likeness (QED) is 0.706. The molecule has 0 amide bonds. The van der Waals surface area contributed by atoms with Crippen molar-refractivity contribution in [3.8, 4) is 0 Å². The van der Waals surface area contributed by atoms with Crippen LogP contribution in [0.25, 0.3) is 0 Å². The minimum atomic E-state index is -0.301. The highest BCUT2D eigenvalue weighted by molar-refractivity contribution is 5.84. The molecule has 2 saturated heterocycles. The second-order valence-electron chi connectivity index (χ2n) is 12.3. The molecule has 3 heterocycles. The van der Waals surface area contributed by atoms with Crippen LogP contribution in [0, 0.1) is 23.2 Å². The number of carbonyl (C=O) groups is 1. The number of fused-ring (bicyclic) bond motifs is 9. The van der Waals surface area contributed by atoms with Crippen LogP contribution >= 0.6 is 0 Å². The zero-order valence-corrected chi connectivity index (χ0v) is 19.8. The highest BCUT2D eigenvalue weighted by Gasteiger charge is 2.61. The van der Waals surface area contributed by atoms with Crippen molar-refractivity contribution in [2.75, 3.05) is 13.7 Å². The van der Waals surface area contributed by atoms with Crippen LogP contribution < -0.4 is 0 Å². The van der Waals surface area contributed by atoms with Crippen molar-refractivity contribution in [2.45, 2.75) is 94.9 Å². The summed E-state index contributed by atoms with van der Waals surface area (Å²) in [5.41, 5.74) is 5.72. The smallest absolute Gasteiger partial charge is 0.148 e. The van der Waals surface area contributed by atoms with E-state index in [0.717, 1.165) is 31.6 Å². The van der Waals surface area contributed by atoms with Gasteiger partial charge in [0.2, 0.25) is 0 Å². The molecule has 4 nitrogen and oxygen atoms in total. The van der Waals surface area contributed by atoms with Crippen molar-refractivity contribution in [3.05, 3.63) is 34.4 Å². The molecule has 3 aliphatic carbocycles. The van der Waals surface area contributed by atoms with E-state index in [1.807, 2.05) is 7.11 Å². The molecule has 2 saturated carbocycles.